The van der Waals surface area contributed by atoms with E-state index >= 15 is 0 Å². The highest BCUT2D eigenvalue weighted by atomic mass is 32.2. The second kappa shape index (κ2) is 6.23. The molecule has 2 aromatic rings. The van der Waals surface area contributed by atoms with Crippen molar-refractivity contribution in [3.63, 3.8) is 0 Å². The minimum atomic E-state index is -1.51. The van der Waals surface area contributed by atoms with Crippen molar-refractivity contribution < 1.29 is 14.1 Å². The van der Waals surface area contributed by atoms with E-state index in [0.29, 0.717) is 10.5 Å². The van der Waals surface area contributed by atoms with Gasteiger partial charge in [0, 0.05) is 29.2 Å². The summed E-state index contributed by atoms with van der Waals surface area (Å²) in [6.45, 7) is 0. The lowest BCUT2D eigenvalue weighted by Gasteiger charge is -2.03. The molecular weight excluding hydrogens is 296 g/mol. The summed E-state index contributed by atoms with van der Waals surface area (Å²) < 4.78 is 12.2. The van der Waals surface area contributed by atoms with Gasteiger partial charge in [0.1, 0.15) is 0 Å². The Bertz CT molecular complexity index is 732. The molecule has 0 fully saturated rings. The second-order valence-electron chi connectivity index (χ2n) is 4.17. The van der Waals surface area contributed by atoms with E-state index < -0.39 is 20.6 Å². The van der Waals surface area contributed by atoms with Gasteiger partial charge in [-0.15, -0.1) is 0 Å². The number of nitrogens with zero attached hydrogens (tertiary/aromatic N) is 2. The van der Waals surface area contributed by atoms with Crippen molar-refractivity contribution in [1.29, 1.82) is 0 Å². The van der Waals surface area contributed by atoms with Crippen LogP contribution in [0.25, 0.3) is 0 Å². The number of non-ortho nitro benzene ring substituents is 2. The van der Waals surface area contributed by atoms with E-state index in [-0.39, 0.29) is 17.1 Å². The first-order chi connectivity index (χ1) is 9.97. The lowest BCUT2D eigenvalue weighted by atomic mass is 10.2. The summed E-state index contributed by atoms with van der Waals surface area (Å²) in [7, 11) is -1.51. The molecule has 7 nitrogen and oxygen atoms in total. The number of hydrogen-bond acceptors (Lipinski definition) is 5. The first-order valence-corrected chi connectivity index (χ1v) is 7.15. The van der Waals surface area contributed by atoms with Gasteiger partial charge in [-0.25, -0.2) is 0 Å². The van der Waals surface area contributed by atoms with Gasteiger partial charge in [0.2, 0.25) is 0 Å². The van der Waals surface area contributed by atoms with Crippen LogP contribution in [0.15, 0.2) is 53.4 Å². The molecule has 0 amide bonds. The fraction of sp³-hybridized carbons (Fsp3) is 0.0769. The van der Waals surface area contributed by atoms with Crippen LogP contribution in [0.5, 0.6) is 0 Å². The van der Waals surface area contributed by atoms with Crippen molar-refractivity contribution in [2.75, 3.05) is 0 Å². The van der Waals surface area contributed by atoms with E-state index in [1.54, 1.807) is 6.07 Å². The fourth-order valence-electron chi connectivity index (χ4n) is 1.73. The van der Waals surface area contributed by atoms with Crippen molar-refractivity contribution in [3.8, 4) is 0 Å². The van der Waals surface area contributed by atoms with Crippen molar-refractivity contribution in [2.24, 2.45) is 0 Å². The zero-order valence-electron chi connectivity index (χ0n) is 10.7. The van der Waals surface area contributed by atoms with E-state index in [4.69, 9.17) is 0 Å². The monoisotopic (exact) mass is 306 g/mol. The van der Waals surface area contributed by atoms with Crippen LogP contribution < -0.4 is 0 Å². The summed E-state index contributed by atoms with van der Waals surface area (Å²) >= 11 is 0. The van der Waals surface area contributed by atoms with Crippen molar-refractivity contribution in [3.05, 3.63) is 74.3 Å². The van der Waals surface area contributed by atoms with Crippen LogP contribution >= 0.6 is 0 Å². The maximum atomic E-state index is 12.2. The highest BCUT2D eigenvalue weighted by Gasteiger charge is 2.12. The van der Waals surface area contributed by atoms with E-state index in [2.05, 4.69) is 0 Å². The number of benzene rings is 2. The molecule has 1 atom stereocenters. The minimum Gasteiger partial charge on any atom is -0.258 e. The summed E-state index contributed by atoms with van der Waals surface area (Å²) in [6.07, 6.45) is 0. The molecule has 0 aromatic heterocycles. The molecule has 1 unspecified atom stereocenters. The smallest absolute Gasteiger partial charge is 0.258 e. The molecule has 8 heteroatoms. The maximum Gasteiger partial charge on any atom is 0.270 e. The maximum absolute atomic E-state index is 12.2. The molecule has 108 valence electrons. The van der Waals surface area contributed by atoms with Crippen LogP contribution in [-0.4, -0.2) is 14.1 Å². The molecule has 0 aliphatic heterocycles. The molecule has 2 rings (SSSR count). The Morgan fingerprint density at radius 1 is 0.905 bits per heavy atom. The van der Waals surface area contributed by atoms with E-state index in [1.807, 2.05) is 0 Å². The largest absolute Gasteiger partial charge is 0.270 e. The zero-order chi connectivity index (χ0) is 15.4. The molecule has 0 aliphatic rings. The highest BCUT2D eigenvalue weighted by molar-refractivity contribution is 7.84. The summed E-state index contributed by atoms with van der Waals surface area (Å²) in [4.78, 5) is 20.6. The predicted octanol–water partition coefficient (Wildman–Crippen LogP) is 2.81. The van der Waals surface area contributed by atoms with E-state index in [9.17, 15) is 24.4 Å². The quantitative estimate of drug-likeness (QED) is 0.624. The van der Waals surface area contributed by atoms with Gasteiger partial charge < -0.3 is 0 Å². The summed E-state index contributed by atoms with van der Waals surface area (Å²) in [6, 6.07) is 11.4. The predicted molar refractivity (Wildman–Crippen MR) is 76.3 cm³/mol. The van der Waals surface area contributed by atoms with E-state index in [0.717, 1.165) is 0 Å². The molecule has 0 spiro atoms. The zero-order valence-corrected chi connectivity index (χ0v) is 11.5. The molecule has 0 radical (unpaired) electrons. The van der Waals surface area contributed by atoms with Crippen LogP contribution in [0.2, 0.25) is 0 Å². The van der Waals surface area contributed by atoms with Crippen LogP contribution in [0, 0.1) is 20.2 Å². The molecule has 0 saturated carbocycles. The SMILES string of the molecule is O=[N+]([O-])c1cccc(CS(=O)c2cccc([N+](=O)[O-])c2)c1. The highest BCUT2D eigenvalue weighted by Crippen LogP contribution is 2.20. The third kappa shape index (κ3) is 3.69. The van der Waals surface area contributed by atoms with Crippen molar-refractivity contribution in [1.82, 2.24) is 0 Å². The molecule has 21 heavy (non-hydrogen) atoms. The Kier molecular flexibility index (Phi) is 4.39. The Balaban J connectivity index is 2.22. The number of hydrogen-bond donors (Lipinski definition) is 0. The topological polar surface area (TPSA) is 103 Å². The molecule has 0 N–H and O–H groups in total. The van der Waals surface area contributed by atoms with Gasteiger partial charge in [-0.1, -0.05) is 18.2 Å². The van der Waals surface area contributed by atoms with E-state index in [1.165, 1.54) is 42.5 Å². The van der Waals surface area contributed by atoms with Crippen LogP contribution in [0.3, 0.4) is 0 Å². The van der Waals surface area contributed by atoms with Gasteiger partial charge >= 0.3 is 0 Å². The van der Waals surface area contributed by atoms with Gasteiger partial charge in [-0.05, 0) is 11.6 Å². The van der Waals surface area contributed by atoms with Crippen LogP contribution in [0.1, 0.15) is 5.56 Å². The normalized spacial score (nSPS) is 11.8. The fourth-order valence-corrected chi connectivity index (χ4v) is 2.86. The van der Waals surface area contributed by atoms with Gasteiger partial charge in [0.25, 0.3) is 11.4 Å². The minimum absolute atomic E-state index is 0.0584. The lowest BCUT2D eigenvalue weighted by Crippen LogP contribution is -1.98. The third-order valence-electron chi connectivity index (χ3n) is 2.71. The Morgan fingerprint density at radius 2 is 1.48 bits per heavy atom. The van der Waals surface area contributed by atoms with Crippen LogP contribution in [0.4, 0.5) is 11.4 Å². The van der Waals surface area contributed by atoms with Gasteiger partial charge in [-0.2, -0.15) is 0 Å². The van der Waals surface area contributed by atoms with Crippen molar-refractivity contribution in [2.45, 2.75) is 10.6 Å². The van der Waals surface area contributed by atoms with Gasteiger partial charge in [0.15, 0.2) is 0 Å². The Labute approximate surface area is 122 Å². The average molecular weight is 306 g/mol. The van der Waals surface area contributed by atoms with Gasteiger partial charge in [0.05, 0.1) is 26.4 Å². The number of nitro groups is 2. The lowest BCUT2D eigenvalue weighted by molar-refractivity contribution is -0.385. The second-order valence-corrected chi connectivity index (χ2v) is 5.62. The third-order valence-corrected chi connectivity index (χ3v) is 4.09. The Morgan fingerprint density at radius 3 is 2.10 bits per heavy atom. The molecule has 0 heterocycles. The Hall–Kier alpha value is -2.61. The molecule has 0 bridgehead atoms. The molecule has 2 aromatic carbocycles. The summed E-state index contributed by atoms with van der Waals surface area (Å²) in [5.41, 5.74) is 0.317. The van der Waals surface area contributed by atoms with Gasteiger partial charge in [-0.3, -0.25) is 24.4 Å². The molecular formula is C13H10N2O5S. The summed E-state index contributed by atoms with van der Waals surface area (Å²) in [5.74, 6) is 0.0584. The first-order valence-electron chi connectivity index (χ1n) is 5.83. The molecule has 0 aliphatic carbocycles. The average Bonchev–Trinajstić information content (AvgIpc) is 2.47. The standard InChI is InChI=1S/C13H10N2O5S/c16-14(17)11-4-1-3-10(7-11)9-21(20)13-6-2-5-12(8-13)15(18)19/h1-8H,9H2. The molecule has 0 saturated heterocycles. The number of nitro benzene ring substituents is 2. The first kappa shape index (κ1) is 14.8. The number of rotatable bonds is 5. The summed E-state index contributed by atoms with van der Waals surface area (Å²) in [5, 5.41) is 21.4. The van der Waals surface area contributed by atoms with Crippen molar-refractivity contribution >= 4 is 22.2 Å². The van der Waals surface area contributed by atoms with Crippen LogP contribution in [-0.2, 0) is 16.6 Å².